The molecule has 2 aliphatic heterocycles. The van der Waals surface area contributed by atoms with Crippen LogP contribution in [0.1, 0.15) is 96.9 Å². The fourth-order valence-corrected chi connectivity index (χ4v) is 7.61. The van der Waals surface area contributed by atoms with Gasteiger partial charge in [0.25, 0.3) is 0 Å². The zero-order valence-electron chi connectivity index (χ0n) is 30.2. The molecule has 2 fully saturated rings. The van der Waals surface area contributed by atoms with Crippen LogP contribution in [-0.2, 0) is 26.3 Å². The standard InChI is InChI=1S/C44H50N4O2/c1-31-11-5-7-21-47(31)27-35-17-19-43(39(23-35)25-45)49-29-37-13-9-15-41(33(37)3)42-16-10-14-38(34(42)4)30-50-44-20-18-36(24-40(44)26-46)28-48-22-8-6-12-32(48)2/h9-10,13-20,23-24,31-32H,5-8,11-12,21-22,27-30H2,1-4H3/t31-,32-/m1/s1. The van der Waals surface area contributed by atoms with Crippen molar-refractivity contribution in [3.8, 4) is 34.8 Å². The SMILES string of the molecule is Cc1c(COc2ccc(CN3CCCC[C@H]3C)cc2C#N)cccc1-c1cccc(COc2ccc(CN3CCCC[C@H]3C)cc2C#N)c1C. The fraction of sp³-hybridized carbons (Fsp3) is 0.409. The summed E-state index contributed by atoms with van der Waals surface area (Å²) in [5, 5.41) is 19.9. The molecule has 6 nitrogen and oxygen atoms in total. The summed E-state index contributed by atoms with van der Waals surface area (Å²) in [4.78, 5) is 5.02. The summed E-state index contributed by atoms with van der Waals surface area (Å²) in [7, 11) is 0. The van der Waals surface area contributed by atoms with Gasteiger partial charge in [0, 0.05) is 25.2 Å². The first-order chi connectivity index (χ1) is 24.3. The largest absolute Gasteiger partial charge is 0.488 e. The number of nitrogens with zero attached hydrogens (tertiary/aromatic N) is 4. The van der Waals surface area contributed by atoms with Gasteiger partial charge in [0.2, 0.25) is 0 Å². The molecule has 2 heterocycles. The van der Waals surface area contributed by atoms with E-state index in [2.05, 4.69) is 98.2 Å². The number of piperidine rings is 2. The van der Waals surface area contributed by atoms with Crippen molar-refractivity contribution in [3.63, 3.8) is 0 Å². The normalized spacial score (nSPS) is 18.3. The molecule has 0 aliphatic carbocycles. The molecule has 0 bridgehead atoms. The maximum absolute atomic E-state index is 9.96. The van der Waals surface area contributed by atoms with Gasteiger partial charge in [0.15, 0.2) is 0 Å². The van der Waals surface area contributed by atoms with Crippen molar-refractivity contribution >= 4 is 0 Å². The topological polar surface area (TPSA) is 72.5 Å². The number of hydrogen-bond donors (Lipinski definition) is 0. The number of hydrogen-bond acceptors (Lipinski definition) is 6. The Labute approximate surface area is 298 Å². The van der Waals surface area contributed by atoms with Crippen molar-refractivity contribution < 1.29 is 9.47 Å². The summed E-state index contributed by atoms with van der Waals surface area (Å²) in [6.07, 6.45) is 7.54. The van der Waals surface area contributed by atoms with Crippen LogP contribution < -0.4 is 9.47 Å². The van der Waals surface area contributed by atoms with Gasteiger partial charge < -0.3 is 9.47 Å². The molecule has 6 heteroatoms. The van der Waals surface area contributed by atoms with E-state index in [1.54, 1.807) is 0 Å². The summed E-state index contributed by atoms with van der Waals surface area (Å²) in [6, 6.07) is 30.6. The lowest BCUT2D eigenvalue weighted by Gasteiger charge is -2.33. The van der Waals surface area contributed by atoms with Crippen LogP contribution in [0.4, 0.5) is 0 Å². The first-order valence-electron chi connectivity index (χ1n) is 18.3. The summed E-state index contributed by atoms with van der Waals surface area (Å²) >= 11 is 0. The van der Waals surface area contributed by atoms with Gasteiger partial charge in [-0.15, -0.1) is 0 Å². The second-order valence-corrected chi connectivity index (χ2v) is 14.3. The van der Waals surface area contributed by atoms with E-state index >= 15 is 0 Å². The Morgan fingerprint density at radius 3 is 1.46 bits per heavy atom. The highest BCUT2D eigenvalue weighted by Gasteiger charge is 2.20. The zero-order valence-corrected chi connectivity index (χ0v) is 30.2. The molecule has 0 spiro atoms. The van der Waals surface area contributed by atoms with E-state index in [1.807, 2.05) is 24.3 Å². The third-order valence-corrected chi connectivity index (χ3v) is 10.9. The minimum absolute atomic E-state index is 0.377. The third-order valence-electron chi connectivity index (χ3n) is 10.9. The average Bonchev–Trinajstić information content (AvgIpc) is 3.13. The van der Waals surface area contributed by atoms with Crippen molar-refractivity contribution in [2.24, 2.45) is 0 Å². The van der Waals surface area contributed by atoms with Crippen LogP contribution in [-0.4, -0.2) is 35.0 Å². The minimum Gasteiger partial charge on any atom is -0.488 e. The Hall–Kier alpha value is -4.62. The summed E-state index contributed by atoms with van der Waals surface area (Å²) in [5.41, 5.74) is 10.2. The van der Waals surface area contributed by atoms with Crippen LogP contribution in [0.25, 0.3) is 11.1 Å². The first-order valence-corrected chi connectivity index (χ1v) is 18.3. The Bertz CT molecular complexity index is 1750. The number of benzene rings is 4. The molecule has 0 N–H and O–H groups in total. The molecule has 0 radical (unpaired) electrons. The maximum atomic E-state index is 9.96. The summed E-state index contributed by atoms with van der Waals surface area (Å²) in [5.74, 6) is 1.24. The highest BCUT2D eigenvalue weighted by Crippen LogP contribution is 2.32. The van der Waals surface area contributed by atoms with Crippen LogP contribution in [0.15, 0.2) is 72.8 Å². The van der Waals surface area contributed by atoms with Gasteiger partial charge >= 0.3 is 0 Å². The smallest absolute Gasteiger partial charge is 0.137 e. The molecule has 4 aromatic carbocycles. The van der Waals surface area contributed by atoms with Gasteiger partial charge in [0.1, 0.15) is 36.9 Å². The van der Waals surface area contributed by atoms with Gasteiger partial charge in [-0.25, -0.2) is 0 Å². The highest BCUT2D eigenvalue weighted by molar-refractivity contribution is 5.72. The van der Waals surface area contributed by atoms with Gasteiger partial charge in [-0.2, -0.15) is 10.5 Å². The predicted octanol–water partition coefficient (Wildman–Crippen LogP) is 9.62. The van der Waals surface area contributed by atoms with E-state index in [9.17, 15) is 10.5 Å². The number of nitriles is 2. The second kappa shape index (κ2) is 16.4. The molecule has 258 valence electrons. The van der Waals surface area contributed by atoms with E-state index in [0.29, 0.717) is 47.9 Å². The maximum Gasteiger partial charge on any atom is 0.137 e. The Kier molecular flexibility index (Phi) is 11.5. The lowest BCUT2D eigenvalue weighted by atomic mass is 9.92. The van der Waals surface area contributed by atoms with Crippen LogP contribution in [0.5, 0.6) is 11.5 Å². The van der Waals surface area contributed by atoms with E-state index < -0.39 is 0 Å². The molecule has 4 aromatic rings. The van der Waals surface area contributed by atoms with Crippen LogP contribution in [0, 0.1) is 36.5 Å². The van der Waals surface area contributed by atoms with Crippen molar-refractivity contribution in [2.45, 2.75) is 105 Å². The lowest BCUT2D eigenvalue weighted by molar-refractivity contribution is 0.152. The Morgan fingerprint density at radius 1 is 0.620 bits per heavy atom. The van der Waals surface area contributed by atoms with Crippen molar-refractivity contribution in [3.05, 3.63) is 117 Å². The van der Waals surface area contributed by atoms with Crippen molar-refractivity contribution in [2.75, 3.05) is 13.1 Å². The van der Waals surface area contributed by atoms with Gasteiger partial charge in [0.05, 0.1) is 11.1 Å². The number of rotatable bonds is 11. The van der Waals surface area contributed by atoms with Crippen LogP contribution in [0.3, 0.4) is 0 Å². The second-order valence-electron chi connectivity index (χ2n) is 14.3. The zero-order chi connectivity index (χ0) is 35.0. The first kappa shape index (κ1) is 35.2. The van der Waals surface area contributed by atoms with E-state index in [-0.39, 0.29) is 0 Å². The molecule has 50 heavy (non-hydrogen) atoms. The number of likely N-dealkylation sites (tertiary alicyclic amines) is 2. The van der Waals surface area contributed by atoms with Crippen molar-refractivity contribution in [1.82, 2.24) is 9.80 Å². The molecular weight excluding hydrogens is 617 g/mol. The quantitative estimate of drug-likeness (QED) is 0.159. The van der Waals surface area contributed by atoms with Gasteiger partial charge in [-0.05, 0) is 135 Å². The third kappa shape index (κ3) is 8.22. The average molecular weight is 667 g/mol. The van der Waals surface area contributed by atoms with Crippen molar-refractivity contribution in [1.29, 1.82) is 10.5 Å². The molecule has 0 amide bonds. The Morgan fingerprint density at radius 2 is 1.06 bits per heavy atom. The fourth-order valence-electron chi connectivity index (χ4n) is 7.61. The Balaban J connectivity index is 1.13. The molecule has 2 saturated heterocycles. The molecule has 0 aromatic heterocycles. The van der Waals surface area contributed by atoms with Gasteiger partial charge in [-0.1, -0.05) is 61.4 Å². The summed E-state index contributed by atoms with van der Waals surface area (Å²) in [6.45, 7) is 13.6. The minimum atomic E-state index is 0.377. The van der Waals surface area contributed by atoms with E-state index in [1.165, 1.54) is 38.5 Å². The van der Waals surface area contributed by atoms with Crippen LogP contribution in [0.2, 0.25) is 0 Å². The number of ether oxygens (including phenoxy) is 2. The highest BCUT2D eigenvalue weighted by atomic mass is 16.5. The molecule has 2 atom stereocenters. The molecular formula is C44H50N4O2. The predicted molar refractivity (Wildman–Crippen MR) is 200 cm³/mol. The molecule has 2 aliphatic rings. The van der Waals surface area contributed by atoms with Gasteiger partial charge in [-0.3, -0.25) is 9.80 Å². The lowest BCUT2D eigenvalue weighted by Crippen LogP contribution is -2.36. The molecule has 0 saturated carbocycles. The monoisotopic (exact) mass is 666 g/mol. The molecule has 6 rings (SSSR count). The molecule has 0 unspecified atom stereocenters. The van der Waals surface area contributed by atoms with E-state index in [4.69, 9.17) is 9.47 Å². The van der Waals surface area contributed by atoms with E-state index in [0.717, 1.165) is 70.7 Å². The summed E-state index contributed by atoms with van der Waals surface area (Å²) < 4.78 is 12.6. The van der Waals surface area contributed by atoms with Crippen LogP contribution >= 0.6 is 0 Å².